The lowest BCUT2D eigenvalue weighted by molar-refractivity contribution is -0.133. The first-order valence-corrected chi connectivity index (χ1v) is 9.32. The fourth-order valence-electron chi connectivity index (χ4n) is 2.97. The molecule has 144 valence electrons. The van der Waals surface area contributed by atoms with Gasteiger partial charge in [-0.25, -0.2) is 4.68 Å². The van der Waals surface area contributed by atoms with Crippen LogP contribution in [0.2, 0.25) is 5.02 Å². The van der Waals surface area contributed by atoms with Crippen molar-refractivity contribution in [2.24, 2.45) is 0 Å². The fraction of sp³-hybridized carbons (Fsp3) is 0.263. The van der Waals surface area contributed by atoms with Crippen LogP contribution in [0.1, 0.15) is 0 Å². The molecule has 28 heavy (non-hydrogen) atoms. The molecule has 8 nitrogen and oxygen atoms in total. The van der Waals surface area contributed by atoms with Crippen LogP contribution in [0.5, 0.6) is 5.75 Å². The first-order chi connectivity index (χ1) is 13.7. The minimum atomic E-state index is -0.0327. The monoisotopic (exact) mass is 398 g/mol. The van der Waals surface area contributed by atoms with E-state index in [1.807, 2.05) is 24.4 Å². The number of hydrogen-bond donors (Lipinski definition) is 0. The maximum Gasteiger partial charge on any atom is 0.260 e. The van der Waals surface area contributed by atoms with E-state index in [2.05, 4.69) is 20.2 Å². The van der Waals surface area contributed by atoms with Crippen molar-refractivity contribution in [2.75, 3.05) is 37.7 Å². The number of hydrogen-bond acceptors (Lipinski definition) is 6. The maximum absolute atomic E-state index is 12.4. The summed E-state index contributed by atoms with van der Waals surface area (Å²) in [5.74, 6) is 2.06. The molecule has 1 saturated heterocycles. The van der Waals surface area contributed by atoms with Gasteiger partial charge in [0.15, 0.2) is 18.2 Å². The molecule has 1 aliphatic heterocycles. The zero-order chi connectivity index (χ0) is 19.3. The highest BCUT2D eigenvalue weighted by Crippen LogP contribution is 2.17. The molecule has 0 radical (unpaired) electrons. The van der Waals surface area contributed by atoms with E-state index in [9.17, 15) is 4.79 Å². The Hall–Kier alpha value is -3.13. The number of ether oxygens (including phenoxy) is 1. The van der Waals surface area contributed by atoms with Crippen molar-refractivity contribution < 1.29 is 9.53 Å². The SMILES string of the molecule is O=C(COc1ccc(Cl)cc1)N1CCN(c2ccc(-n3cccn3)nn2)CC1. The number of carbonyl (C=O) groups excluding carboxylic acids is 1. The molecule has 9 heteroatoms. The largest absolute Gasteiger partial charge is 0.484 e. The predicted molar refractivity (Wildman–Crippen MR) is 105 cm³/mol. The Morgan fingerprint density at radius 1 is 1.00 bits per heavy atom. The van der Waals surface area contributed by atoms with Crippen molar-refractivity contribution in [3.05, 3.63) is 59.9 Å². The Morgan fingerprint density at radius 3 is 2.36 bits per heavy atom. The van der Waals surface area contributed by atoms with E-state index in [0.717, 1.165) is 5.82 Å². The van der Waals surface area contributed by atoms with Crippen molar-refractivity contribution in [3.8, 4) is 11.6 Å². The third-order valence-electron chi connectivity index (χ3n) is 4.51. The summed E-state index contributed by atoms with van der Waals surface area (Å²) >= 11 is 5.85. The van der Waals surface area contributed by atoms with Gasteiger partial charge in [0.2, 0.25) is 0 Å². The van der Waals surface area contributed by atoms with Gasteiger partial charge in [-0.15, -0.1) is 10.2 Å². The normalized spacial score (nSPS) is 14.2. The highest BCUT2D eigenvalue weighted by Gasteiger charge is 2.22. The highest BCUT2D eigenvalue weighted by atomic mass is 35.5. The second-order valence-corrected chi connectivity index (χ2v) is 6.75. The summed E-state index contributed by atoms with van der Waals surface area (Å²) in [6, 6.07) is 12.6. The molecule has 0 atom stereocenters. The van der Waals surface area contributed by atoms with Gasteiger partial charge in [0.1, 0.15) is 5.75 Å². The van der Waals surface area contributed by atoms with Gasteiger partial charge in [-0.3, -0.25) is 4.79 Å². The molecule has 1 aliphatic rings. The summed E-state index contributed by atoms with van der Waals surface area (Å²) in [7, 11) is 0. The maximum atomic E-state index is 12.4. The van der Waals surface area contributed by atoms with E-state index >= 15 is 0 Å². The van der Waals surface area contributed by atoms with Crippen molar-refractivity contribution in [1.29, 1.82) is 0 Å². The average Bonchev–Trinajstić information content (AvgIpc) is 3.28. The predicted octanol–water partition coefficient (Wildman–Crippen LogP) is 2.04. The van der Waals surface area contributed by atoms with Gasteiger partial charge in [-0.1, -0.05) is 11.6 Å². The van der Waals surface area contributed by atoms with Crippen molar-refractivity contribution >= 4 is 23.3 Å². The van der Waals surface area contributed by atoms with Crippen LogP contribution in [0.3, 0.4) is 0 Å². The number of anilines is 1. The second-order valence-electron chi connectivity index (χ2n) is 6.31. The van der Waals surface area contributed by atoms with Crippen LogP contribution in [-0.2, 0) is 4.79 Å². The van der Waals surface area contributed by atoms with Crippen LogP contribution in [-0.4, -0.2) is 63.6 Å². The number of rotatable bonds is 5. The topological polar surface area (TPSA) is 76.4 Å². The lowest BCUT2D eigenvalue weighted by Gasteiger charge is -2.35. The molecule has 0 aliphatic carbocycles. The van der Waals surface area contributed by atoms with Crippen molar-refractivity contribution in [2.45, 2.75) is 0 Å². The molecule has 3 heterocycles. The lowest BCUT2D eigenvalue weighted by Crippen LogP contribution is -2.50. The van der Waals surface area contributed by atoms with E-state index < -0.39 is 0 Å². The van der Waals surface area contributed by atoms with Crippen LogP contribution < -0.4 is 9.64 Å². The Kier molecular flexibility index (Phi) is 5.38. The number of amides is 1. The number of nitrogens with zero attached hydrogens (tertiary/aromatic N) is 6. The first kappa shape index (κ1) is 18.2. The Morgan fingerprint density at radius 2 is 1.71 bits per heavy atom. The third kappa shape index (κ3) is 4.23. The van der Waals surface area contributed by atoms with Gasteiger partial charge in [-0.2, -0.15) is 5.10 Å². The molecule has 3 aromatic rings. The number of benzene rings is 1. The van der Waals surface area contributed by atoms with Crippen LogP contribution in [0.15, 0.2) is 54.9 Å². The number of carbonyl (C=O) groups is 1. The first-order valence-electron chi connectivity index (χ1n) is 8.94. The molecule has 0 unspecified atom stereocenters. The molecule has 2 aromatic heterocycles. The van der Waals surface area contributed by atoms with Gasteiger partial charge in [0.25, 0.3) is 5.91 Å². The van der Waals surface area contributed by atoms with Crippen LogP contribution in [0.25, 0.3) is 5.82 Å². The number of piperazine rings is 1. The number of halogens is 1. The minimum Gasteiger partial charge on any atom is -0.484 e. The van der Waals surface area contributed by atoms with Crippen molar-refractivity contribution in [1.82, 2.24) is 24.9 Å². The summed E-state index contributed by atoms with van der Waals surface area (Å²) in [5.41, 5.74) is 0. The summed E-state index contributed by atoms with van der Waals surface area (Å²) in [5, 5.41) is 13.3. The Bertz CT molecular complexity index is 907. The molecule has 4 rings (SSSR count). The third-order valence-corrected chi connectivity index (χ3v) is 4.76. The van der Waals surface area contributed by atoms with Gasteiger partial charge in [0.05, 0.1) is 0 Å². The van der Waals surface area contributed by atoms with Gasteiger partial charge in [-0.05, 0) is 42.5 Å². The second kappa shape index (κ2) is 8.26. The van der Waals surface area contributed by atoms with Gasteiger partial charge in [0, 0.05) is 43.6 Å². The Balaban J connectivity index is 1.28. The van der Waals surface area contributed by atoms with Crippen LogP contribution >= 0.6 is 11.6 Å². The smallest absolute Gasteiger partial charge is 0.260 e. The van der Waals surface area contributed by atoms with E-state index in [4.69, 9.17) is 16.3 Å². The molecule has 0 saturated carbocycles. The molecule has 1 aromatic carbocycles. The Labute approximate surface area is 167 Å². The van der Waals surface area contributed by atoms with Crippen LogP contribution in [0.4, 0.5) is 5.82 Å². The fourth-order valence-corrected chi connectivity index (χ4v) is 3.09. The molecule has 1 fully saturated rings. The summed E-state index contributed by atoms with van der Waals surface area (Å²) < 4.78 is 7.20. The summed E-state index contributed by atoms with van der Waals surface area (Å²) in [6.45, 7) is 2.64. The summed E-state index contributed by atoms with van der Waals surface area (Å²) in [6.07, 6.45) is 3.52. The molecule has 1 amide bonds. The zero-order valence-electron chi connectivity index (χ0n) is 15.1. The molecular weight excluding hydrogens is 380 g/mol. The average molecular weight is 399 g/mol. The quantitative estimate of drug-likeness (QED) is 0.654. The van der Waals surface area contributed by atoms with Gasteiger partial charge < -0.3 is 14.5 Å². The summed E-state index contributed by atoms with van der Waals surface area (Å²) in [4.78, 5) is 16.3. The van der Waals surface area contributed by atoms with Crippen LogP contribution in [0, 0.1) is 0 Å². The zero-order valence-corrected chi connectivity index (χ0v) is 15.9. The molecule has 0 bridgehead atoms. The van der Waals surface area contributed by atoms with E-state index in [-0.39, 0.29) is 12.5 Å². The standard InChI is InChI=1S/C19H19ClN6O2/c20-15-2-4-16(5-3-15)28-14-19(27)25-12-10-24(11-13-25)17-6-7-18(23-22-17)26-9-1-8-21-26/h1-9H,10-14H2. The lowest BCUT2D eigenvalue weighted by atomic mass is 10.3. The minimum absolute atomic E-state index is 0.0139. The highest BCUT2D eigenvalue weighted by molar-refractivity contribution is 6.30. The van der Waals surface area contributed by atoms with E-state index in [1.54, 1.807) is 40.0 Å². The van der Waals surface area contributed by atoms with Gasteiger partial charge >= 0.3 is 0 Å². The number of aromatic nitrogens is 4. The van der Waals surface area contributed by atoms with Crippen molar-refractivity contribution in [3.63, 3.8) is 0 Å². The molecular formula is C19H19ClN6O2. The van der Waals surface area contributed by atoms with E-state index in [1.165, 1.54) is 0 Å². The molecule has 0 N–H and O–H groups in total. The van der Waals surface area contributed by atoms with E-state index in [0.29, 0.717) is 42.8 Å². The molecule has 0 spiro atoms.